The minimum absolute atomic E-state index is 0.216. The molecule has 16 heavy (non-hydrogen) atoms. The molecule has 1 atom stereocenters. The molecule has 0 heterocycles. The second-order valence-electron chi connectivity index (χ2n) is 4.20. The molecule has 2 heteroatoms. The van der Waals surface area contributed by atoms with Crippen molar-refractivity contribution in [3.05, 3.63) is 41.7 Å². The van der Waals surface area contributed by atoms with E-state index in [1.54, 1.807) is 12.1 Å². The predicted molar refractivity (Wildman–Crippen MR) is 62.4 cm³/mol. The zero-order valence-corrected chi connectivity index (χ0v) is 9.16. The van der Waals surface area contributed by atoms with Crippen LogP contribution in [0.3, 0.4) is 0 Å². The summed E-state index contributed by atoms with van der Waals surface area (Å²) in [6, 6.07) is 6.54. The summed E-state index contributed by atoms with van der Waals surface area (Å²) >= 11 is 0. The maximum absolute atomic E-state index is 12.8. The van der Waals surface area contributed by atoms with E-state index in [0.29, 0.717) is 12.3 Å². The van der Waals surface area contributed by atoms with E-state index in [0.717, 1.165) is 31.1 Å². The summed E-state index contributed by atoms with van der Waals surface area (Å²) in [5.41, 5.74) is 2.26. The van der Waals surface area contributed by atoms with Crippen LogP contribution in [0.15, 0.2) is 30.3 Å². The molecule has 0 amide bonds. The van der Waals surface area contributed by atoms with Gasteiger partial charge in [0.05, 0.1) is 0 Å². The molecule has 0 aromatic heterocycles. The Hall–Kier alpha value is -1.44. The van der Waals surface area contributed by atoms with Crippen LogP contribution in [0.2, 0.25) is 0 Å². The van der Waals surface area contributed by atoms with Crippen LogP contribution in [-0.4, -0.2) is 6.29 Å². The van der Waals surface area contributed by atoms with E-state index < -0.39 is 0 Å². The van der Waals surface area contributed by atoms with Gasteiger partial charge in [-0.2, -0.15) is 0 Å². The van der Waals surface area contributed by atoms with Crippen LogP contribution in [0.1, 0.15) is 31.2 Å². The van der Waals surface area contributed by atoms with Gasteiger partial charge in [0.2, 0.25) is 0 Å². The molecule has 1 aliphatic rings. The van der Waals surface area contributed by atoms with Gasteiger partial charge < -0.3 is 4.79 Å². The molecule has 0 saturated heterocycles. The molecule has 0 saturated carbocycles. The first-order valence-electron chi connectivity index (χ1n) is 5.71. The highest BCUT2D eigenvalue weighted by molar-refractivity contribution is 5.70. The van der Waals surface area contributed by atoms with Gasteiger partial charge in [-0.25, -0.2) is 4.39 Å². The number of allylic oxidation sites excluding steroid dienone is 2. The zero-order valence-electron chi connectivity index (χ0n) is 9.16. The monoisotopic (exact) mass is 218 g/mol. The first-order valence-corrected chi connectivity index (χ1v) is 5.71. The maximum atomic E-state index is 12.8. The maximum Gasteiger partial charge on any atom is 0.123 e. The quantitative estimate of drug-likeness (QED) is 0.708. The number of benzene rings is 1. The summed E-state index contributed by atoms with van der Waals surface area (Å²) < 4.78 is 12.8. The highest BCUT2D eigenvalue weighted by Crippen LogP contribution is 2.34. The number of aldehydes is 1. The van der Waals surface area contributed by atoms with Crippen molar-refractivity contribution in [2.75, 3.05) is 0 Å². The predicted octanol–water partition coefficient (Wildman–Crippen LogP) is 3.60. The van der Waals surface area contributed by atoms with Gasteiger partial charge in [0.25, 0.3) is 0 Å². The summed E-state index contributed by atoms with van der Waals surface area (Å²) in [6.07, 6.45) is 6.99. The van der Waals surface area contributed by atoms with Crippen molar-refractivity contribution in [2.24, 2.45) is 5.92 Å². The molecule has 84 valence electrons. The van der Waals surface area contributed by atoms with Crippen molar-refractivity contribution in [2.45, 2.75) is 25.7 Å². The first-order chi connectivity index (χ1) is 7.81. The zero-order chi connectivity index (χ0) is 11.4. The molecule has 0 fully saturated rings. The summed E-state index contributed by atoms with van der Waals surface area (Å²) in [5, 5.41) is 0. The topological polar surface area (TPSA) is 17.1 Å². The van der Waals surface area contributed by atoms with Gasteiger partial charge in [-0.3, -0.25) is 0 Å². The Bertz CT molecular complexity index is 392. The lowest BCUT2D eigenvalue weighted by molar-refractivity contribution is -0.108. The third-order valence-corrected chi connectivity index (χ3v) is 3.12. The molecular weight excluding hydrogens is 203 g/mol. The highest BCUT2D eigenvalue weighted by atomic mass is 19.1. The molecule has 0 radical (unpaired) electrons. The van der Waals surface area contributed by atoms with Crippen LogP contribution in [0.5, 0.6) is 0 Å². The molecule has 0 spiro atoms. The van der Waals surface area contributed by atoms with E-state index in [-0.39, 0.29) is 5.82 Å². The van der Waals surface area contributed by atoms with Crippen molar-refractivity contribution in [1.82, 2.24) is 0 Å². The normalized spacial score (nSPS) is 20.3. The first kappa shape index (κ1) is 11.1. The molecule has 0 aliphatic heterocycles. The average molecular weight is 218 g/mol. The van der Waals surface area contributed by atoms with Crippen LogP contribution in [0.25, 0.3) is 5.57 Å². The average Bonchev–Trinajstić information content (AvgIpc) is 2.32. The fourth-order valence-corrected chi connectivity index (χ4v) is 2.30. The second kappa shape index (κ2) is 5.06. The van der Waals surface area contributed by atoms with Gasteiger partial charge in [0.15, 0.2) is 0 Å². The Morgan fingerprint density at radius 1 is 1.31 bits per heavy atom. The fraction of sp³-hybridized carbons (Fsp3) is 0.357. The van der Waals surface area contributed by atoms with Crippen molar-refractivity contribution < 1.29 is 9.18 Å². The minimum Gasteiger partial charge on any atom is -0.303 e. The van der Waals surface area contributed by atoms with Gasteiger partial charge in [0, 0.05) is 6.42 Å². The van der Waals surface area contributed by atoms with E-state index in [1.165, 1.54) is 17.7 Å². The minimum atomic E-state index is -0.216. The van der Waals surface area contributed by atoms with Crippen LogP contribution < -0.4 is 0 Å². The van der Waals surface area contributed by atoms with Crippen LogP contribution in [-0.2, 0) is 4.79 Å². The summed E-state index contributed by atoms with van der Waals surface area (Å²) in [5.74, 6) is 0.101. The highest BCUT2D eigenvalue weighted by Gasteiger charge is 2.18. The molecule has 0 N–H and O–H groups in total. The molecule has 1 unspecified atom stereocenters. The van der Waals surface area contributed by atoms with Gasteiger partial charge >= 0.3 is 0 Å². The third-order valence-electron chi connectivity index (χ3n) is 3.12. The van der Waals surface area contributed by atoms with E-state index in [4.69, 9.17) is 0 Å². The van der Waals surface area contributed by atoms with Gasteiger partial charge in [-0.15, -0.1) is 0 Å². The lowest BCUT2D eigenvalue weighted by atomic mass is 9.82. The molecule has 1 aromatic rings. The molecule has 1 nitrogen and oxygen atoms in total. The number of carbonyl (C=O) groups is 1. The van der Waals surface area contributed by atoms with E-state index in [1.807, 2.05) is 0 Å². The van der Waals surface area contributed by atoms with Crippen LogP contribution >= 0.6 is 0 Å². The summed E-state index contributed by atoms with van der Waals surface area (Å²) in [7, 11) is 0. The number of hydrogen-bond acceptors (Lipinski definition) is 1. The van der Waals surface area contributed by atoms with E-state index >= 15 is 0 Å². The number of carbonyl (C=O) groups excluding carboxylic acids is 1. The SMILES string of the molecule is O=CCC1CCCC=C1c1ccc(F)cc1. The summed E-state index contributed by atoms with van der Waals surface area (Å²) in [6.45, 7) is 0. The molecule has 1 aromatic carbocycles. The molecular formula is C14H15FO. The lowest BCUT2D eigenvalue weighted by Gasteiger charge is -2.22. The molecule has 1 aliphatic carbocycles. The smallest absolute Gasteiger partial charge is 0.123 e. The van der Waals surface area contributed by atoms with Gasteiger partial charge in [-0.05, 0) is 48.4 Å². The number of hydrogen-bond donors (Lipinski definition) is 0. The standard InChI is InChI=1S/C14H15FO/c15-13-7-5-12(6-8-13)14-4-2-1-3-11(14)9-10-16/h4-8,10-11H,1-3,9H2. The number of halogens is 1. The molecule has 2 rings (SSSR count). The Kier molecular flexibility index (Phi) is 3.50. The fourth-order valence-electron chi connectivity index (χ4n) is 2.30. The van der Waals surface area contributed by atoms with Crippen molar-refractivity contribution >= 4 is 11.9 Å². The van der Waals surface area contributed by atoms with Crippen molar-refractivity contribution in [3.63, 3.8) is 0 Å². The van der Waals surface area contributed by atoms with Crippen LogP contribution in [0.4, 0.5) is 4.39 Å². The Labute approximate surface area is 95.0 Å². The van der Waals surface area contributed by atoms with E-state index in [9.17, 15) is 9.18 Å². The largest absolute Gasteiger partial charge is 0.303 e. The molecule has 0 bridgehead atoms. The van der Waals surface area contributed by atoms with Gasteiger partial charge in [0.1, 0.15) is 12.1 Å². The van der Waals surface area contributed by atoms with Crippen molar-refractivity contribution in [1.29, 1.82) is 0 Å². The Morgan fingerprint density at radius 3 is 2.75 bits per heavy atom. The lowest BCUT2D eigenvalue weighted by Crippen LogP contribution is -2.08. The number of rotatable bonds is 3. The van der Waals surface area contributed by atoms with Gasteiger partial charge in [-0.1, -0.05) is 18.2 Å². The third kappa shape index (κ3) is 2.38. The Balaban J connectivity index is 2.26. The second-order valence-corrected chi connectivity index (χ2v) is 4.20. The summed E-state index contributed by atoms with van der Waals surface area (Å²) in [4.78, 5) is 10.6. The van der Waals surface area contributed by atoms with Crippen LogP contribution in [0, 0.1) is 11.7 Å². The van der Waals surface area contributed by atoms with E-state index in [2.05, 4.69) is 6.08 Å². The Morgan fingerprint density at radius 2 is 2.06 bits per heavy atom. The van der Waals surface area contributed by atoms with Crippen molar-refractivity contribution in [3.8, 4) is 0 Å².